The van der Waals surface area contributed by atoms with Gasteiger partial charge in [0.1, 0.15) is 5.82 Å². The number of aromatic carboxylic acids is 1. The molecule has 0 aromatic carbocycles. The van der Waals surface area contributed by atoms with Crippen LogP contribution in [0.5, 0.6) is 0 Å². The molecule has 1 aromatic heterocycles. The lowest BCUT2D eigenvalue weighted by Gasteiger charge is -2.23. The fraction of sp³-hybridized carbons (Fsp3) is 0.538. The van der Waals surface area contributed by atoms with Crippen molar-refractivity contribution < 1.29 is 9.90 Å². The summed E-state index contributed by atoms with van der Waals surface area (Å²) < 4.78 is 0.245. The molecule has 0 saturated carbocycles. The van der Waals surface area contributed by atoms with Crippen molar-refractivity contribution in [2.75, 3.05) is 17.6 Å². The summed E-state index contributed by atoms with van der Waals surface area (Å²) in [5.41, 5.74) is 1.01. The van der Waals surface area contributed by atoms with Gasteiger partial charge in [0.05, 0.1) is 5.56 Å². The normalized spacial score (nSPS) is 23.0. The zero-order chi connectivity index (χ0) is 13.2. The third-order valence-corrected chi connectivity index (χ3v) is 4.68. The molecule has 1 aliphatic rings. The van der Waals surface area contributed by atoms with Crippen LogP contribution < -0.4 is 5.32 Å². The maximum Gasteiger partial charge on any atom is 0.335 e. The molecular formula is C13H18N2O2S. The highest BCUT2D eigenvalue weighted by Gasteiger charge is 2.29. The molecular weight excluding hydrogens is 248 g/mol. The Balaban J connectivity index is 2.07. The number of rotatable bonds is 4. The predicted molar refractivity (Wildman–Crippen MR) is 74.5 cm³/mol. The van der Waals surface area contributed by atoms with Crippen LogP contribution in [0.4, 0.5) is 5.82 Å². The van der Waals surface area contributed by atoms with Gasteiger partial charge < -0.3 is 10.4 Å². The molecule has 1 unspecified atom stereocenters. The summed E-state index contributed by atoms with van der Waals surface area (Å²) in [6.45, 7) is 4.88. The summed E-state index contributed by atoms with van der Waals surface area (Å²) in [5, 5.41) is 12.3. The molecule has 0 spiro atoms. The van der Waals surface area contributed by atoms with E-state index in [0.29, 0.717) is 5.82 Å². The highest BCUT2D eigenvalue weighted by atomic mass is 32.2. The van der Waals surface area contributed by atoms with Crippen molar-refractivity contribution in [2.45, 2.75) is 31.4 Å². The number of carboxylic acid groups (broad SMARTS) is 1. The van der Waals surface area contributed by atoms with Crippen molar-refractivity contribution >= 4 is 23.5 Å². The summed E-state index contributed by atoms with van der Waals surface area (Å²) in [6.07, 6.45) is 2.45. The Kier molecular flexibility index (Phi) is 3.80. The van der Waals surface area contributed by atoms with Crippen LogP contribution in [-0.4, -0.2) is 33.1 Å². The van der Waals surface area contributed by atoms with Crippen LogP contribution in [0.15, 0.2) is 12.1 Å². The third kappa shape index (κ3) is 3.16. The minimum absolute atomic E-state index is 0.245. The van der Waals surface area contributed by atoms with Crippen LogP contribution >= 0.6 is 11.8 Å². The van der Waals surface area contributed by atoms with Crippen molar-refractivity contribution in [2.24, 2.45) is 0 Å². The van der Waals surface area contributed by atoms with Crippen LogP contribution in [0, 0.1) is 6.92 Å². The smallest absolute Gasteiger partial charge is 0.335 e. The number of hydrogen-bond donors (Lipinski definition) is 2. The second-order valence-corrected chi connectivity index (χ2v) is 6.63. The zero-order valence-corrected chi connectivity index (χ0v) is 11.5. The Hall–Kier alpha value is -1.23. The van der Waals surface area contributed by atoms with E-state index in [-0.39, 0.29) is 10.3 Å². The van der Waals surface area contributed by atoms with Crippen LogP contribution in [0.25, 0.3) is 0 Å². The Morgan fingerprint density at radius 2 is 2.39 bits per heavy atom. The molecule has 0 amide bonds. The number of aromatic nitrogens is 1. The summed E-state index contributed by atoms with van der Waals surface area (Å²) in [7, 11) is 0. The maximum atomic E-state index is 11.0. The maximum absolute atomic E-state index is 11.0. The Morgan fingerprint density at radius 1 is 1.61 bits per heavy atom. The van der Waals surface area contributed by atoms with E-state index in [2.05, 4.69) is 17.2 Å². The molecule has 1 aliphatic heterocycles. The van der Waals surface area contributed by atoms with Crippen LogP contribution in [0.1, 0.15) is 35.8 Å². The van der Waals surface area contributed by atoms with E-state index < -0.39 is 5.97 Å². The minimum atomic E-state index is -0.912. The van der Waals surface area contributed by atoms with Gasteiger partial charge in [-0.2, -0.15) is 11.8 Å². The minimum Gasteiger partial charge on any atom is -0.478 e. The van der Waals surface area contributed by atoms with Gasteiger partial charge in [0.25, 0.3) is 0 Å². The molecule has 0 bridgehead atoms. The third-order valence-electron chi connectivity index (χ3n) is 3.14. The summed E-state index contributed by atoms with van der Waals surface area (Å²) >= 11 is 1.97. The summed E-state index contributed by atoms with van der Waals surface area (Å²) in [5.74, 6) is 0.950. The summed E-state index contributed by atoms with van der Waals surface area (Å²) in [6, 6.07) is 3.18. The molecule has 1 fully saturated rings. The number of carboxylic acids is 1. The van der Waals surface area contributed by atoms with E-state index in [9.17, 15) is 4.79 Å². The van der Waals surface area contributed by atoms with Crippen LogP contribution in [0.3, 0.4) is 0 Å². The number of nitrogens with one attached hydrogen (secondary N) is 1. The second-order valence-electron chi connectivity index (χ2n) is 4.94. The number of pyridine rings is 1. The van der Waals surface area contributed by atoms with E-state index in [1.807, 2.05) is 18.7 Å². The Morgan fingerprint density at radius 3 is 3.00 bits per heavy atom. The van der Waals surface area contributed by atoms with Crippen LogP contribution in [0.2, 0.25) is 0 Å². The van der Waals surface area contributed by atoms with Gasteiger partial charge in [-0.3, -0.25) is 0 Å². The van der Waals surface area contributed by atoms with Gasteiger partial charge in [-0.05, 0) is 44.6 Å². The number of hydrogen-bond acceptors (Lipinski definition) is 4. The molecule has 1 saturated heterocycles. The Bertz CT molecular complexity index is 456. The molecule has 4 nitrogen and oxygen atoms in total. The Labute approximate surface area is 111 Å². The summed E-state index contributed by atoms with van der Waals surface area (Å²) in [4.78, 5) is 15.3. The largest absolute Gasteiger partial charge is 0.478 e. The molecule has 5 heteroatoms. The highest BCUT2D eigenvalue weighted by Crippen LogP contribution is 2.37. The van der Waals surface area contributed by atoms with Crippen LogP contribution in [-0.2, 0) is 0 Å². The second kappa shape index (κ2) is 5.18. The zero-order valence-electron chi connectivity index (χ0n) is 10.7. The number of aryl methyl sites for hydroxylation is 1. The van der Waals surface area contributed by atoms with Gasteiger partial charge in [-0.25, -0.2) is 9.78 Å². The molecule has 18 heavy (non-hydrogen) atoms. The first-order valence-electron chi connectivity index (χ1n) is 6.08. The number of carbonyl (C=O) groups is 1. The SMILES string of the molecule is Cc1cc(C(=O)O)cc(NCC2(C)CCCS2)n1. The molecule has 1 atom stereocenters. The van der Waals surface area contributed by atoms with Gasteiger partial charge in [0.2, 0.25) is 0 Å². The topological polar surface area (TPSA) is 62.2 Å². The first-order chi connectivity index (χ1) is 8.48. The van der Waals surface area contributed by atoms with E-state index in [0.717, 1.165) is 12.2 Å². The fourth-order valence-corrected chi connectivity index (χ4v) is 3.38. The van der Waals surface area contributed by atoms with E-state index in [1.54, 1.807) is 12.1 Å². The molecule has 2 heterocycles. The molecule has 0 aliphatic carbocycles. The lowest BCUT2D eigenvalue weighted by Crippen LogP contribution is -2.27. The van der Waals surface area contributed by atoms with E-state index >= 15 is 0 Å². The van der Waals surface area contributed by atoms with E-state index in [4.69, 9.17) is 5.11 Å². The predicted octanol–water partition coefficient (Wildman–Crippen LogP) is 2.79. The number of thioether (sulfide) groups is 1. The first kappa shape index (κ1) is 13.2. The van der Waals surface area contributed by atoms with Gasteiger partial charge in [0, 0.05) is 17.0 Å². The lowest BCUT2D eigenvalue weighted by atomic mass is 10.1. The molecule has 1 aromatic rings. The fourth-order valence-electron chi connectivity index (χ4n) is 2.14. The number of nitrogens with zero attached hydrogens (tertiary/aromatic N) is 1. The average molecular weight is 266 g/mol. The van der Waals surface area contributed by atoms with Gasteiger partial charge in [-0.15, -0.1) is 0 Å². The van der Waals surface area contributed by atoms with Crippen molar-refractivity contribution in [1.29, 1.82) is 0 Å². The highest BCUT2D eigenvalue weighted by molar-refractivity contribution is 8.00. The van der Waals surface area contributed by atoms with Crippen molar-refractivity contribution in [1.82, 2.24) is 4.98 Å². The lowest BCUT2D eigenvalue weighted by molar-refractivity contribution is 0.0696. The van der Waals surface area contributed by atoms with Crippen molar-refractivity contribution in [3.8, 4) is 0 Å². The molecule has 2 N–H and O–H groups in total. The van der Waals surface area contributed by atoms with Gasteiger partial charge in [-0.1, -0.05) is 0 Å². The van der Waals surface area contributed by atoms with Gasteiger partial charge >= 0.3 is 5.97 Å². The molecule has 0 radical (unpaired) electrons. The standard InChI is InChI=1S/C13H18N2O2S/c1-9-6-10(12(16)17)7-11(15-9)14-8-13(2)4-3-5-18-13/h6-7H,3-5,8H2,1-2H3,(H,14,15)(H,16,17). The van der Waals surface area contributed by atoms with Gasteiger partial charge in [0.15, 0.2) is 0 Å². The first-order valence-corrected chi connectivity index (χ1v) is 7.07. The molecule has 2 rings (SSSR count). The van der Waals surface area contributed by atoms with Crippen molar-refractivity contribution in [3.05, 3.63) is 23.4 Å². The molecule has 98 valence electrons. The quantitative estimate of drug-likeness (QED) is 0.877. The monoisotopic (exact) mass is 266 g/mol. The average Bonchev–Trinajstić information content (AvgIpc) is 2.73. The van der Waals surface area contributed by atoms with E-state index in [1.165, 1.54) is 18.6 Å². The van der Waals surface area contributed by atoms with Crippen molar-refractivity contribution in [3.63, 3.8) is 0 Å². The number of anilines is 1.